The molecular formula is C20H37N. The number of rotatable bonds is 11. The van der Waals surface area contributed by atoms with E-state index in [9.17, 15) is 0 Å². The van der Waals surface area contributed by atoms with Crippen LogP contribution in [0.2, 0.25) is 0 Å². The molecule has 1 aliphatic rings. The molecule has 1 nitrogen and oxygen atoms in total. The summed E-state index contributed by atoms with van der Waals surface area (Å²) in [5.74, 6) is 0. The molecule has 122 valence electrons. The zero-order valence-corrected chi connectivity index (χ0v) is 14.7. The number of hydrogen-bond acceptors (Lipinski definition) is 1. The van der Waals surface area contributed by atoms with Gasteiger partial charge >= 0.3 is 0 Å². The molecule has 0 fully saturated rings. The third kappa shape index (κ3) is 8.46. The van der Waals surface area contributed by atoms with Crippen molar-refractivity contribution >= 4 is 0 Å². The van der Waals surface area contributed by atoms with Crippen LogP contribution in [0.4, 0.5) is 0 Å². The van der Waals surface area contributed by atoms with Crippen molar-refractivity contribution in [2.45, 2.75) is 103 Å². The molecule has 1 atom stereocenters. The lowest BCUT2D eigenvalue weighted by molar-refractivity contribution is 0.390. The smallest absolute Gasteiger partial charge is 0.0226 e. The van der Waals surface area contributed by atoms with Crippen LogP contribution in [0.5, 0.6) is 0 Å². The van der Waals surface area contributed by atoms with Gasteiger partial charge in [-0.1, -0.05) is 75.2 Å². The number of unbranched alkanes of at least 4 members (excludes halogenated alkanes) is 6. The lowest BCUT2D eigenvalue weighted by Gasteiger charge is -2.24. The molecule has 0 saturated heterocycles. The van der Waals surface area contributed by atoms with Crippen LogP contribution in [0, 0.1) is 0 Å². The van der Waals surface area contributed by atoms with Crippen molar-refractivity contribution in [2.24, 2.45) is 5.73 Å². The first-order chi connectivity index (χ1) is 10.1. The minimum absolute atomic E-state index is 0.0870. The van der Waals surface area contributed by atoms with E-state index in [-0.39, 0.29) is 5.54 Å². The molecule has 1 rings (SSSR count). The van der Waals surface area contributed by atoms with E-state index in [1.807, 2.05) is 0 Å². The Kier molecular flexibility index (Phi) is 8.99. The van der Waals surface area contributed by atoms with Gasteiger partial charge in [-0.05, 0) is 46.0 Å². The second-order valence-corrected chi connectivity index (χ2v) is 7.30. The third-order valence-corrected chi connectivity index (χ3v) is 4.67. The van der Waals surface area contributed by atoms with E-state index < -0.39 is 0 Å². The highest BCUT2D eigenvalue weighted by Crippen LogP contribution is 2.33. The van der Waals surface area contributed by atoms with Crippen LogP contribution in [-0.4, -0.2) is 5.54 Å². The Morgan fingerprint density at radius 1 is 1.14 bits per heavy atom. The minimum atomic E-state index is 0.0870. The molecular weight excluding hydrogens is 254 g/mol. The molecule has 0 aromatic rings. The van der Waals surface area contributed by atoms with E-state index in [1.54, 1.807) is 5.57 Å². The van der Waals surface area contributed by atoms with Gasteiger partial charge in [0.1, 0.15) is 0 Å². The fourth-order valence-electron chi connectivity index (χ4n) is 3.31. The quantitative estimate of drug-likeness (QED) is 0.351. The van der Waals surface area contributed by atoms with Crippen LogP contribution in [-0.2, 0) is 0 Å². The lowest BCUT2D eigenvalue weighted by atomic mass is 9.89. The second kappa shape index (κ2) is 10.2. The first-order valence-electron chi connectivity index (χ1n) is 9.16. The zero-order valence-electron chi connectivity index (χ0n) is 14.7. The van der Waals surface area contributed by atoms with E-state index in [0.717, 1.165) is 12.8 Å². The molecule has 1 unspecified atom stereocenters. The number of hydrogen-bond donors (Lipinski definition) is 1. The maximum Gasteiger partial charge on any atom is 0.0226 e. The topological polar surface area (TPSA) is 26.0 Å². The summed E-state index contributed by atoms with van der Waals surface area (Å²) in [6, 6.07) is 0. The Balaban J connectivity index is 2.09. The van der Waals surface area contributed by atoms with Crippen molar-refractivity contribution in [1.29, 1.82) is 0 Å². The summed E-state index contributed by atoms with van der Waals surface area (Å²) >= 11 is 0. The molecule has 0 amide bonds. The Hall–Kier alpha value is -0.560. The van der Waals surface area contributed by atoms with E-state index in [4.69, 9.17) is 5.73 Å². The van der Waals surface area contributed by atoms with Gasteiger partial charge in [-0.3, -0.25) is 0 Å². The molecule has 0 spiro atoms. The highest BCUT2D eigenvalue weighted by molar-refractivity contribution is 5.18. The van der Waals surface area contributed by atoms with Gasteiger partial charge in [-0.25, -0.2) is 0 Å². The molecule has 0 radical (unpaired) electrons. The van der Waals surface area contributed by atoms with Gasteiger partial charge in [0, 0.05) is 5.54 Å². The Morgan fingerprint density at radius 2 is 1.81 bits per heavy atom. The highest BCUT2D eigenvalue weighted by atomic mass is 14.7. The standard InChI is InChI=1S/C20H37N/c1-4-5-6-7-8-9-10-15-20(21)16-14-19(17-20)13-11-12-18(2)3/h12,14H,4-11,13,15-17,21H2,1-3H3. The molecule has 0 aromatic carbocycles. The first-order valence-corrected chi connectivity index (χ1v) is 9.16. The van der Waals surface area contributed by atoms with E-state index in [0.29, 0.717) is 0 Å². The van der Waals surface area contributed by atoms with Gasteiger partial charge in [-0.15, -0.1) is 0 Å². The molecule has 1 aliphatic carbocycles. The first kappa shape index (κ1) is 18.5. The normalized spacial score (nSPS) is 21.4. The van der Waals surface area contributed by atoms with Gasteiger partial charge in [0.25, 0.3) is 0 Å². The van der Waals surface area contributed by atoms with Crippen molar-refractivity contribution in [3.05, 3.63) is 23.3 Å². The van der Waals surface area contributed by atoms with E-state index in [1.165, 1.54) is 69.8 Å². The summed E-state index contributed by atoms with van der Waals surface area (Å²) in [6.45, 7) is 6.63. The SMILES string of the molecule is CCCCCCCCCC1(N)CC=C(CCC=C(C)C)C1. The lowest BCUT2D eigenvalue weighted by Crippen LogP contribution is -2.36. The van der Waals surface area contributed by atoms with Crippen molar-refractivity contribution in [2.75, 3.05) is 0 Å². The molecule has 0 saturated carbocycles. The second-order valence-electron chi connectivity index (χ2n) is 7.30. The van der Waals surface area contributed by atoms with Crippen LogP contribution in [0.1, 0.15) is 97.8 Å². The zero-order chi connectivity index (χ0) is 15.6. The van der Waals surface area contributed by atoms with Gasteiger partial charge in [0.15, 0.2) is 0 Å². The van der Waals surface area contributed by atoms with Crippen molar-refractivity contribution in [1.82, 2.24) is 0 Å². The summed E-state index contributed by atoms with van der Waals surface area (Å²) < 4.78 is 0. The van der Waals surface area contributed by atoms with Gasteiger partial charge in [-0.2, -0.15) is 0 Å². The van der Waals surface area contributed by atoms with Gasteiger partial charge in [0.2, 0.25) is 0 Å². The molecule has 0 heterocycles. The van der Waals surface area contributed by atoms with E-state index in [2.05, 4.69) is 32.9 Å². The number of nitrogens with two attached hydrogens (primary N) is 1. The van der Waals surface area contributed by atoms with Crippen LogP contribution < -0.4 is 5.73 Å². The van der Waals surface area contributed by atoms with Crippen molar-refractivity contribution in [3.8, 4) is 0 Å². The molecule has 0 bridgehead atoms. The summed E-state index contributed by atoms with van der Waals surface area (Å²) in [5.41, 5.74) is 9.68. The predicted molar refractivity (Wildman–Crippen MR) is 95.5 cm³/mol. The van der Waals surface area contributed by atoms with Crippen molar-refractivity contribution < 1.29 is 0 Å². The molecule has 21 heavy (non-hydrogen) atoms. The minimum Gasteiger partial charge on any atom is -0.325 e. The maximum absolute atomic E-state index is 6.58. The third-order valence-electron chi connectivity index (χ3n) is 4.67. The average Bonchev–Trinajstić information content (AvgIpc) is 2.79. The van der Waals surface area contributed by atoms with Crippen LogP contribution in [0.15, 0.2) is 23.3 Å². The Bertz CT molecular complexity index is 336. The molecule has 0 aliphatic heterocycles. The summed E-state index contributed by atoms with van der Waals surface area (Å²) in [6.07, 6.45) is 20.3. The fraction of sp³-hybridized carbons (Fsp3) is 0.800. The molecule has 0 aromatic heterocycles. The monoisotopic (exact) mass is 291 g/mol. The average molecular weight is 292 g/mol. The summed E-state index contributed by atoms with van der Waals surface area (Å²) in [5, 5.41) is 0. The largest absolute Gasteiger partial charge is 0.325 e. The number of allylic oxidation sites excluding steroid dienone is 2. The molecule has 1 heteroatoms. The van der Waals surface area contributed by atoms with E-state index >= 15 is 0 Å². The summed E-state index contributed by atoms with van der Waals surface area (Å²) in [4.78, 5) is 0. The molecule has 2 N–H and O–H groups in total. The Morgan fingerprint density at radius 3 is 2.48 bits per heavy atom. The van der Waals surface area contributed by atoms with Crippen LogP contribution in [0.25, 0.3) is 0 Å². The van der Waals surface area contributed by atoms with Crippen molar-refractivity contribution in [3.63, 3.8) is 0 Å². The van der Waals surface area contributed by atoms with Gasteiger partial charge < -0.3 is 5.73 Å². The van der Waals surface area contributed by atoms with Crippen LogP contribution in [0.3, 0.4) is 0 Å². The maximum atomic E-state index is 6.58. The van der Waals surface area contributed by atoms with Gasteiger partial charge in [0.05, 0.1) is 0 Å². The Labute approximate surface area is 133 Å². The highest BCUT2D eigenvalue weighted by Gasteiger charge is 2.29. The predicted octanol–water partition coefficient (Wildman–Crippen LogP) is 6.29. The van der Waals surface area contributed by atoms with Crippen LogP contribution >= 0.6 is 0 Å². The summed E-state index contributed by atoms with van der Waals surface area (Å²) in [7, 11) is 0. The fourth-order valence-corrected chi connectivity index (χ4v) is 3.31.